The summed E-state index contributed by atoms with van der Waals surface area (Å²) in [5, 5.41) is 3.30. The Morgan fingerprint density at radius 2 is 2.50 bits per heavy atom. The van der Waals surface area contributed by atoms with Crippen molar-refractivity contribution in [2.45, 2.75) is 6.42 Å². The molecule has 50 valence electrons. The van der Waals surface area contributed by atoms with Gasteiger partial charge in [0.1, 0.15) is 0 Å². The number of rotatable bonds is 0. The Bertz CT molecular complexity index is 205. The van der Waals surface area contributed by atoms with Gasteiger partial charge in [0.15, 0.2) is 0 Å². The lowest BCUT2D eigenvalue weighted by Gasteiger charge is -2.16. The van der Waals surface area contributed by atoms with E-state index in [1.54, 1.807) is 0 Å². The molecule has 2 radical (unpaired) electrons. The van der Waals surface area contributed by atoms with Crippen LogP contribution in [-0.4, -0.2) is 6.54 Å². The molecule has 10 heavy (non-hydrogen) atoms. The fraction of sp³-hybridized carbons (Fsp3) is 0.222. The smallest absolute Gasteiger partial charge is 0.0382 e. The van der Waals surface area contributed by atoms with Crippen molar-refractivity contribution in [3.05, 3.63) is 36.2 Å². The first-order valence-corrected chi connectivity index (χ1v) is 3.54. The van der Waals surface area contributed by atoms with E-state index in [1.165, 1.54) is 11.3 Å². The predicted octanol–water partition coefficient (Wildman–Crippen LogP) is 1.85. The molecule has 0 atom stereocenters. The summed E-state index contributed by atoms with van der Waals surface area (Å²) in [6, 6.07) is 9.06. The maximum atomic E-state index is 3.30. The van der Waals surface area contributed by atoms with Crippen molar-refractivity contribution in [2.75, 3.05) is 11.9 Å². The highest BCUT2D eigenvalue weighted by atomic mass is 14.9. The second-order valence-electron chi connectivity index (χ2n) is 2.43. The molecule has 0 spiro atoms. The van der Waals surface area contributed by atoms with Crippen LogP contribution >= 0.6 is 0 Å². The lowest BCUT2D eigenvalue weighted by molar-refractivity contribution is 0.973. The molecule has 0 aliphatic carbocycles. The highest BCUT2D eigenvalue weighted by Gasteiger charge is 2.05. The van der Waals surface area contributed by atoms with Crippen LogP contribution in [0, 0.1) is 12.5 Å². The standard InChI is InChI=1S/C9H9N/c1-2-6-9-8(4-1)5-3-7-10-9/h1,4-6,10H,3,7H2. The molecular formula is C9H9N. The van der Waals surface area contributed by atoms with Gasteiger partial charge in [-0.25, -0.2) is 0 Å². The third kappa shape index (κ3) is 0.878. The fourth-order valence-electron chi connectivity index (χ4n) is 1.21. The summed E-state index contributed by atoms with van der Waals surface area (Å²) in [4.78, 5) is 0. The van der Waals surface area contributed by atoms with Crippen LogP contribution in [0.1, 0.15) is 12.0 Å². The zero-order chi connectivity index (χ0) is 6.81. The molecule has 0 saturated heterocycles. The number of hydrogen-bond acceptors (Lipinski definition) is 1. The van der Waals surface area contributed by atoms with E-state index in [2.05, 4.69) is 23.9 Å². The highest BCUT2D eigenvalue weighted by molar-refractivity contribution is 5.55. The topological polar surface area (TPSA) is 12.0 Å². The summed E-state index contributed by atoms with van der Waals surface area (Å²) >= 11 is 0. The molecule has 1 nitrogen and oxygen atoms in total. The van der Waals surface area contributed by atoms with Gasteiger partial charge in [0.25, 0.3) is 0 Å². The van der Waals surface area contributed by atoms with Crippen LogP contribution in [0.4, 0.5) is 5.69 Å². The Morgan fingerprint density at radius 3 is 3.40 bits per heavy atom. The second-order valence-corrected chi connectivity index (χ2v) is 2.43. The van der Waals surface area contributed by atoms with E-state index >= 15 is 0 Å². The molecule has 2 rings (SSSR count). The van der Waals surface area contributed by atoms with E-state index in [0.717, 1.165) is 13.0 Å². The van der Waals surface area contributed by atoms with Crippen molar-refractivity contribution in [1.29, 1.82) is 0 Å². The van der Waals surface area contributed by atoms with Gasteiger partial charge in [0, 0.05) is 12.2 Å². The Hall–Kier alpha value is -0.980. The van der Waals surface area contributed by atoms with Gasteiger partial charge in [-0.15, -0.1) is 0 Å². The van der Waals surface area contributed by atoms with E-state index in [0.29, 0.717) is 0 Å². The van der Waals surface area contributed by atoms with Crippen molar-refractivity contribution in [2.24, 2.45) is 0 Å². The minimum atomic E-state index is 1.06. The lowest BCUT2D eigenvalue weighted by atomic mass is 10.0. The molecule has 1 N–H and O–H groups in total. The van der Waals surface area contributed by atoms with Crippen molar-refractivity contribution >= 4 is 5.69 Å². The van der Waals surface area contributed by atoms with Gasteiger partial charge >= 0.3 is 0 Å². The maximum Gasteiger partial charge on any atom is 0.0382 e. The van der Waals surface area contributed by atoms with Crippen molar-refractivity contribution in [3.8, 4) is 0 Å². The quantitative estimate of drug-likeness (QED) is 0.566. The number of fused-ring (bicyclic) bond motifs is 1. The monoisotopic (exact) mass is 131 g/mol. The van der Waals surface area contributed by atoms with Crippen LogP contribution in [0.5, 0.6) is 0 Å². The predicted molar refractivity (Wildman–Crippen MR) is 41.8 cm³/mol. The van der Waals surface area contributed by atoms with E-state index in [-0.39, 0.29) is 0 Å². The molecular weight excluding hydrogens is 122 g/mol. The number of hydrogen-bond donors (Lipinski definition) is 1. The van der Waals surface area contributed by atoms with Crippen LogP contribution in [0.25, 0.3) is 0 Å². The molecule has 1 aliphatic rings. The molecule has 0 aromatic heterocycles. The molecule has 0 unspecified atom stereocenters. The molecule has 1 aliphatic heterocycles. The third-order valence-corrected chi connectivity index (χ3v) is 1.72. The zero-order valence-corrected chi connectivity index (χ0v) is 5.72. The minimum absolute atomic E-state index is 1.06. The van der Waals surface area contributed by atoms with Crippen LogP contribution in [0.2, 0.25) is 0 Å². The second kappa shape index (κ2) is 2.33. The highest BCUT2D eigenvalue weighted by Crippen LogP contribution is 2.21. The zero-order valence-electron chi connectivity index (χ0n) is 5.72. The average molecular weight is 131 g/mol. The van der Waals surface area contributed by atoms with E-state index in [4.69, 9.17) is 0 Å². The van der Waals surface area contributed by atoms with Gasteiger partial charge in [-0.05, 0) is 30.5 Å². The molecule has 1 aromatic carbocycles. The first-order valence-electron chi connectivity index (χ1n) is 3.54. The van der Waals surface area contributed by atoms with Crippen molar-refractivity contribution < 1.29 is 0 Å². The summed E-state index contributed by atoms with van der Waals surface area (Å²) in [6.45, 7) is 1.06. The maximum absolute atomic E-state index is 3.30. The Labute approximate surface area is 61.1 Å². The molecule has 0 amide bonds. The van der Waals surface area contributed by atoms with Gasteiger partial charge in [0.05, 0.1) is 0 Å². The normalized spacial score (nSPS) is 15.6. The summed E-state index contributed by atoms with van der Waals surface area (Å²) in [5.41, 5.74) is 2.53. The lowest BCUT2D eigenvalue weighted by Crippen LogP contribution is -2.09. The summed E-state index contributed by atoms with van der Waals surface area (Å²) in [6.07, 6.45) is 3.39. The number of anilines is 1. The van der Waals surface area contributed by atoms with Crippen LogP contribution in [0.3, 0.4) is 0 Å². The van der Waals surface area contributed by atoms with Crippen LogP contribution in [0.15, 0.2) is 18.2 Å². The SMILES string of the molecule is [c]1ccc2c(c1)NCC[CH]2. The molecule has 1 heterocycles. The van der Waals surface area contributed by atoms with Crippen LogP contribution < -0.4 is 5.32 Å². The number of benzene rings is 1. The molecule has 0 fully saturated rings. The van der Waals surface area contributed by atoms with Crippen molar-refractivity contribution in [1.82, 2.24) is 0 Å². The van der Waals surface area contributed by atoms with Gasteiger partial charge < -0.3 is 5.32 Å². The van der Waals surface area contributed by atoms with E-state index < -0.39 is 0 Å². The van der Waals surface area contributed by atoms with Crippen molar-refractivity contribution in [3.63, 3.8) is 0 Å². The van der Waals surface area contributed by atoms with Gasteiger partial charge in [-0.2, -0.15) is 0 Å². The van der Waals surface area contributed by atoms with Gasteiger partial charge in [0.2, 0.25) is 0 Å². The van der Waals surface area contributed by atoms with E-state index in [9.17, 15) is 0 Å². The first-order chi connectivity index (χ1) is 4.97. The molecule has 1 heteroatoms. The summed E-state index contributed by atoms with van der Waals surface area (Å²) in [5.74, 6) is 0. The minimum Gasteiger partial charge on any atom is -0.385 e. The Balaban J connectivity index is 2.41. The summed E-state index contributed by atoms with van der Waals surface area (Å²) < 4.78 is 0. The largest absolute Gasteiger partial charge is 0.385 e. The van der Waals surface area contributed by atoms with Gasteiger partial charge in [-0.1, -0.05) is 12.1 Å². The molecule has 0 saturated carbocycles. The molecule has 1 aromatic rings. The third-order valence-electron chi connectivity index (χ3n) is 1.72. The summed E-state index contributed by atoms with van der Waals surface area (Å²) in [7, 11) is 0. The van der Waals surface area contributed by atoms with Gasteiger partial charge in [-0.3, -0.25) is 0 Å². The fourth-order valence-corrected chi connectivity index (χ4v) is 1.21. The average Bonchev–Trinajstić information content (AvgIpc) is 2.05. The molecule has 0 bridgehead atoms. The van der Waals surface area contributed by atoms with Crippen LogP contribution in [-0.2, 0) is 0 Å². The first kappa shape index (κ1) is 5.78. The number of nitrogens with one attached hydrogen (secondary N) is 1. The van der Waals surface area contributed by atoms with E-state index in [1.807, 2.05) is 12.1 Å². The Morgan fingerprint density at radius 1 is 1.50 bits per heavy atom. The Kier molecular flexibility index (Phi) is 1.35.